The average Bonchev–Trinajstić information content (AvgIpc) is 3.27. The summed E-state index contributed by atoms with van der Waals surface area (Å²) in [4.78, 5) is 6.81. The molecule has 170 valence electrons. The van der Waals surface area contributed by atoms with E-state index in [0.29, 0.717) is 32.6 Å². The summed E-state index contributed by atoms with van der Waals surface area (Å²) >= 11 is 1.53. The van der Waals surface area contributed by atoms with Crippen LogP contribution in [-0.2, 0) is 16.4 Å². The quantitative estimate of drug-likeness (QED) is 0.520. The molecule has 0 atom stereocenters. The van der Waals surface area contributed by atoms with Gasteiger partial charge >= 0.3 is 0 Å². The van der Waals surface area contributed by atoms with Crippen molar-refractivity contribution in [3.8, 4) is 11.5 Å². The van der Waals surface area contributed by atoms with Crippen LogP contribution in [0.3, 0.4) is 0 Å². The molecule has 0 bridgehead atoms. The van der Waals surface area contributed by atoms with Crippen LogP contribution in [0.4, 0.5) is 9.52 Å². The number of hydrogen-bond acceptors (Lipinski definition) is 7. The van der Waals surface area contributed by atoms with Gasteiger partial charge in [0.2, 0.25) is 10.0 Å². The third-order valence-electron chi connectivity index (χ3n) is 5.34. The van der Waals surface area contributed by atoms with Gasteiger partial charge in [0, 0.05) is 43.5 Å². The maximum Gasteiger partial charge on any atom is 0.243 e. The third kappa shape index (κ3) is 4.72. The maximum atomic E-state index is 13.5. The second-order valence-electron chi connectivity index (χ2n) is 7.32. The van der Waals surface area contributed by atoms with Gasteiger partial charge < -0.3 is 14.4 Å². The number of anilines is 1. The fraction of sp³-hybridized carbons (Fsp3) is 0.318. The van der Waals surface area contributed by atoms with Gasteiger partial charge in [-0.2, -0.15) is 4.31 Å². The van der Waals surface area contributed by atoms with Crippen LogP contribution >= 0.6 is 11.3 Å². The lowest BCUT2D eigenvalue weighted by atomic mass is 10.1. The molecule has 1 aliphatic heterocycles. The molecular weight excluding hydrogens is 453 g/mol. The number of methoxy groups -OCH3 is 2. The standard InChI is InChI=1S/C22H24FN3O4S2/c1-29-19-6-7-21(30-2)16(13-19)12-18-15-31-22(24-18)25-8-10-26(11-9-25)32(27,28)20-5-3-4-17(23)14-20/h3-7,13-15H,8-12H2,1-2H3. The van der Waals surface area contributed by atoms with Gasteiger partial charge in [0.1, 0.15) is 17.3 Å². The lowest BCUT2D eigenvalue weighted by Gasteiger charge is -2.33. The molecule has 0 unspecified atom stereocenters. The van der Waals surface area contributed by atoms with Crippen LogP contribution in [0.5, 0.6) is 11.5 Å². The molecule has 0 saturated carbocycles. The Morgan fingerprint density at radius 3 is 2.53 bits per heavy atom. The highest BCUT2D eigenvalue weighted by atomic mass is 32.2. The molecule has 10 heteroatoms. The first-order chi connectivity index (χ1) is 15.4. The Kier molecular flexibility index (Phi) is 6.63. The van der Waals surface area contributed by atoms with Crippen LogP contribution in [0.15, 0.2) is 52.7 Å². The van der Waals surface area contributed by atoms with E-state index in [4.69, 9.17) is 14.5 Å². The molecule has 0 radical (unpaired) electrons. The Hall–Kier alpha value is -2.69. The van der Waals surface area contributed by atoms with Crippen LogP contribution in [0, 0.1) is 5.82 Å². The minimum Gasteiger partial charge on any atom is -0.497 e. The van der Waals surface area contributed by atoms with Crippen LogP contribution in [-0.4, -0.2) is 58.1 Å². The predicted molar refractivity (Wildman–Crippen MR) is 122 cm³/mol. The molecule has 0 amide bonds. The van der Waals surface area contributed by atoms with Gasteiger partial charge in [-0.1, -0.05) is 6.07 Å². The molecule has 1 fully saturated rings. The summed E-state index contributed by atoms with van der Waals surface area (Å²) in [5.74, 6) is 0.969. The molecule has 1 aromatic heterocycles. The van der Waals surface area contributed by atoms with Gasteiger partial charge in [-0.15, -0.1) is 11.3 Å². The molecule has 1 saturated heterocycles. The van der Waals surface area contributed by atoms with Crippen LogP contribution in [0.2, 0.25) is 0 Å². The molecule has 3 aromatic rings. The second kappa shape index (κ2) is 9.43. The number of halogens is 1. The van der Waals surface area contributed by atoms with Gasteiger partial charge in [-0.25, -0.2) is 17.8 Å². The van der Waals surface area contributed by atoms with E-state index in [9.17, 15) is 12.8 Å². The van der Waals surface area contributed by atoms with Crippen molar-refractivity contribution in [1.29, 1.82) is 0 Å². The summed E-state index contributed by atoms with van der Waals surface area (Å²) in [6.07, 6.45) is 0.602. The average molecular weight is 478 g/mol. The summed E-state index contributed by atoms with van der Waals surface area (Å²) in [5, 5.41) is 2.86. The van der Waals surface area contributed by atoms with Gasteiger partial charge in [-0.05, 0) is 36.4 Å². The minimum atomic E-state index is -3.72. The van der Waals surface area contributed by atoms with Crippen LogP contribution < -0.4 is 14.4 Å². The number of rotatable bonds is 7. The van der Waals surface area contributed by atoms with E-state index in [1.807, 2.05) is 23.6 Å². The summed E-state index contributed by atoms with van der Waals surface area (Å²) < 4.78 is 51.3. The van der Waals surface area contributed by atoms with Crippen molar-refractivity contribution in [3.63, 3.8) is 0 Å². The first-order valence-corrected chi connectivity index (χ1v) is 12.4. The monoisotopic (exact) mass is 477 g/mol. The number of thiazole rings is 1. The number of hydrogen-bond donors (Lipinski definition) is 0. The fourth-order valence-electron chi connectivity index (χ4n) is 3.63. The highest BCUT2D eigenvalue weighted by Gasteiger charge is 2.29. The summed E-state index contributed by atoms with van der Waals surface area (Å²) in [6, 6.07) is 10.8. The Balaban J connectivity index is 1.42. The summed E-state index contributed by atoms with van der Waals surface area (Å²) in [5.41, 5.74) is 1.89. The SMILES string of the molecule is COc1ccc(OC)c(Cc2csc(N3CCN(S(=O)(=O)c4cccc(F)c4)CC3)n2)c1. The fourth-order valence-corrected chi connectivity index (χ4v) is 5.97. The van der Waals surface area contributed by atoms with Crippen molar-refractivity contribution in [2.75, 3.05) is 45.3 Å². The van der Waals surface area contributed by atoms with E-state index in [2.05, 4.69) is 4.90 Å². The minimum absolute atomic E-state index is 0.0188. The first-order valence-electron chi connectivity index (χ1n) is 10.1. The van der Waals surface area contributed by atoms with Gasteiger partial charge in [-0.3, -0.25) is 0 Å². The highest BCUT2D eigenvalue weighted by Crippen LogP contribution is 2.29. The highest BCUT2D eigenvalue weighted by molar-refractivity contribution is 7.89. The largest absolute Gasteiger partial charge is 0.497 e. The Morgan fingerprint density at radius 1 is 1.06 bits per heavy atom. The Labute approximate surface area is 191 Å². The number of sulfonamides is 1. The zero-order valence-electron chi connectivity index (χ0n) is 17.8. The first kappa shape index (κ1) is 22.5. The van der Waals surface area contributed by atoms with Gasteiger partial charge in [0.05, 0.1) is 24.8 Å². The maximum absolute atomic E-state index is 13.5. The number of ether oxygens (including phenoxy) is 2. The van der Waals surface area contributed by atoms with Crippen molar-refractivity contribution in [2.24, 2.45) is 0 Å². The molecule has 0 aliphatic carbocycles. The molecule has 0 spiro atoms. The number of piperazine rings is 1. The van der Waals surface area contributed by atoms with Crippen LogP contribution in [0.25, 0.3) is 0 Å². The molecule has 0 N–H and O–H groups in total. The molecule has 4 rings (SSSR count). The van der Waals surface area contributed by atoms with E-state index < -0.39 is 15.8 Å². The van der Waals surface area contributed by atoms with Gasteiger partial charge in [0.15, 0.2) is 5.13 Å². The van der Waals surface area contributed by atoms with E-state index in [0.717, 1.165) is 34.0 Å². The predicted octanol–water partition coefficient (Wildman–Crippen LogP) is 3.40. The normalized spacial score (nSPS) is 15.0. The summed E-state index contributed by atoms with van der Waals surface area (Å²) in [7, 11) is -0.456. The van der Waals surface area contributed by atoms with Crippen molar-refractivity contribution in [2.45, 2.75) is 11.3 Å². The van der Waals surface area contributed by atoms with E-state index in [1.54, 1.807) is 14.2 Å². The van der Waals surface area contributed by atoms with Crippen LogP contribution in [0.1, 0.15) is 11.3 Å². The number of nitrogens with zero attached hydrogens (tertiary/aromatic N) is 3. The molecule has 2 aromatic carbocycles. The van der Waals surface area contributed by atoms with E-state index >= 15 is 0 Å². The number of benzene rings is 2. The Bertz CT molecular complexity index is 1190. The van der Waals surface area contributed by atoms with E-state index in [1.165, 1.54) is 33.8 Å². The topological polar surface area (TPSA) is 72.0 Å². The lowest BCUT2D eigenvalue weighted by Crippen LogP contribution is -2.48. The smallest absolute Gasteiger partial charge is 0.243 e. The van der Waals surface area contributed by atoms with Crippen molar-refractivity contribution >= 4 is 26.5 Å². The van der Waals surface area contributed by atoms with E-state index in [-0.39, 0.29) is 4.90 Å². The van der Waals surface area contributed by atoms with Crippen molar-refractivity contribution in [1.82, 2.24) is 9.29 Å². The van der Waals surface area contributed by atoms with Gasteiger partial charge in [0.25, 0.3) is 0 Å². The molecule has 32 heavy (non-hydrogen) atoms. The zero-order valence-corrected chi connectivity index (χ0v) is 19.5. The number of aromatic nitrogens is 1. The molecule has 7 nitrogen and oxygen atoms in total. The zero-order chi connectivity index (χ0) is 22.7. The third-order valence-corrected chi connectivity index (χ3v) is 8.19. The summed E-state index contributed by atoms with van der Waals surface area (Å²) in [6.45, 7) is 1.67. The second-order valence-corrected chi connectivity index (χ2v) is 10.1. The molecule has 2 heterocycles. The van der Waals surface area contributed by atoms with Crippen molar-refractivity contribution in [3.05, 3.63) is 64.9 Å². The molecular formula is C22H24FN3O4S2. The van der Waals surface area contributed by atoms with Crippen molar-refractivity contribution < 1.29 is 22.3 Å². The lowest BCUT2D eigenvalue weighted by molar-refractivity contribution is 0.384. The molecule has 1 aliphatic rings. The Morgan fingerprint density at radius 2 is 1.84 bits per heavy atom.